The molecule has 0 aliphatic carbocycles. The molecule has 0 radical (unpaired) electrons. The minimum Gasteiger partial charge on any atom is -0.319 e. The fourth-order valence-corrected chi connectivity index (χ4v) is 2.64. The minimum absolute atomic E-state index is 0.556. The summed E-state index contributed by atoms with van der Waals surface area (Å²) in [7, 11) is 1.98. The first-order valence-corrected chi connectivity index (χ1v) is 11.5. The van der Waals surface area contributed by atoms with E-state index in [0.717, 1.165) is 25.1 Å². The fraction of sp³-hybridized carbons (Fsp3) is 0.370. The van der Waals surface area contributed by atoms with Gasteiger partial charge in [0, 0.05) is 24.5 Å². The van der Waals surface area contributed by atoms with Crippen LogP contribution >= 0.6 is 11.6 Å². The Morgan fingerprint density at radius 1 is 1.10 bits per heavy atom. The minimum atomic E-state index is 0.556. The van der Waals surface area contributed by atoms with E-state index in [1.165, 1.54) is 22.0 Å². The van der Waals surface area contributed by atoms with Crippen LogP contribution in [0.1, 0.15) is 46.6 Å². The number of fused-ring (bicyclic) bond motifs is 1. The van der Waals surface area contributed by atoms with E-state index in [9.17, 15) is 0 Å². The molecule has 4 heteroatoms. The van der Waals surface area contributed by atoms with E-state index in [-0.39, 0.29) is 0 Å². The zero-order chi connectivity index (χ0) is 23.5. The van der Waals surface area contributed by atoms with Crippen molar-refractivity contribution in [1.82, 2.24) is 10.3 Å². The van der Waals surface area contributed by atoms with E-state index in [2.05, 4.69) is 85.4 Å². The fourth-order valence-electron chi connectivity index (χ4n) is 2.64. The van der Waals surface area contributed by atoms with Crippen molar-refractivity contribution in [2.24, 2.45) is 5.10 Å². The first-order chi connectivity index (χ1) is 15.1. The van der Waals surface area contributed by atoms with Crippen LogP contribution in [-0.2, 0) is 6.54 Å². The lowest BCUT2D eigenvalue weighted by molar-refractivity contribution is 0.343. The molecule has 0 heterocycles. The molecule has 0 atom stereocenters. The second-order valence-corrected chi connectivity index (χ2v) is 6.90. The molecule has 0 aliphatic heterocycles. The Bertz CT molecular complexity index is 837. The molecule has 0 aliphatic rings. The van der Waals surface area contributed by atoms with Gasteiger partial charge in [0.1, 0.15) is 0 Å². The van der Waals surface area contributed by atoms with Gasteiger partial charge in [0.2, 0.25) is 0 Å². The van der Waals surface area contributed by atoms with E-state index < -0.39 is 0 Å². The zero-order valence-corrected chi connectivity index (χ0v) is 20.9. The number of halogens is 1. The van der Waals surface area contributed by atoms with Gasteiger partial charge in [-0.1, -0.05) is 68.5 Å². The molecule has 0 amide bonds. The van der Waals surface area contributed by atoms with E-state index in [1.54, 1.807) is 6.08 Å². The van der Waals surface area contributed by atoms with Crippen molar-refractivity contribution >= 4 is 28.6 Å². The summed E-state index contributed by atoms with van der Waals surface area (Å²) in [5.41, 5.74) is 3.65. The SMILES string of the molecule is C/C=C(C)/C=N/N(Cc1ccc2ccccc2c1)/C(=C/C)CCNC.C=CCCl.CC. The van der Waals surface area contributed by atoms with Gasteiger partial charge in [-0.2, -0.15) is 5.10 Å². The molecule has 1 N–H and O–H groups in total. The maximum Gasteiger partial charge on any atom is 0.0662 e. The molecule has 2 rings (SSSR count). The molecule has 2 aromatic rings. The molecular weight excluding hydrogens is 402 g/mol. The zero-order valence-electron chi connectivity index (χ0n) is 20.2. The number of rotatable bonds is 9. The monoisotopic (exact) mass is 441 g/mol. The lowest BCUT2D eigenvalue weighted by atomic mass is 10.1. The van der Waals surface area contributed by atoms with E-state index in [4.69, 9.17) is 16.7 Å². The van der Waals surface area contributed by atoms with Crippen molar-refractivity contribution in [1.29, 1.82) is 0 Å². The van der Waals surface area contributed by atoms with Gasteiger partial charge in [-0.15, -0.1) is 18.2 Å². The van der Waals surface area contributed by atoms with Crippen molar-refractivity contribution in [3.05, 3.63) is 84.1 Å². The van der Waals surface area contributed by atoms with Crippen LogP contribution in [0.3, 0.4) is 0 Å². The summed E-state index contributed by atoms with van der Waals surface area (Å²) >= 11 is 5.07. The van der Waals surface area contributed by atoms with Crippen LogP contribution in [0.2, 0.25) is 0 Å². The van der Waals surface area contributed by atoms with Crippen molar-refractivity contribution in [2.45, 2.75) is 47.6 Å². The van der Waals surface area contributed by atoms with Crippen molar-refractivity contribution in [2.75, 3.05) is 19.5 Å². The van der Waals surface area contributed by atoms with Crippen molar-refractivity contribution in [3.8, 4) is 0 Å². The smallest absolute Gasteiger partial charge is 0.0662 e. The Kier molecular flexibility index (Phi) is 17.0. The Morgan fingerprint density at radius 3 is 2.29 bits per heavy atom. The summed E-state index contributed by atoms with van der Waals surface area (Å²) in [5, 5.41) is 12.6. The number of hydrogen-bond acceptors (Lipinski definition) is 3. The second kappa shape index (κ2) is 18.4. The Hall–Kier alpha value is -2.36. The average molecular weight is 442 g/mol. The molecular formula is C27H40ClN3. The molecule has 0 saturated carbocycles. The third-order valence-corrected chi connectivity index (χ3v) is 4.63. The van der Waals surface area contributed by atoms with Crippen LogP contribution in [0.4, 0.5) is 0 Å². The molecule has 0 spiro atoms. The van der Waals surface area contributed by atoms with Crippen LogP contribution in [0.5, 0.6) is 0 Å². The lowest BCUT2D eigenvalue weighted by Crippen LogP contribution is -2.20. The predicted molar refractivity (Wildman–Crippen MR) is 142 cm³/mol. The van der Waals surface area contributed by atoms with Crippen molar-refractivity contribution in [3.63, 3.8) is 0 Å². The number of benzene rings is 2. The topological polar surface area (TPSA) is 27.6 Å². The molecule has 2 aromatic carbocycles. The molecule has 3 nitrogen and oxygen atoms in total. The first kappa shape index (κ1) is 28.6. The van der Waals surface area contributed by atoms with Gasteiger partial charge in [0.15, 0.2) is 0 Å². The van der Waals surface area contributed by atoms with Gasteiger partial charge in [-0.3, -0.25) is 5.01 Å². The first-order valence-electron chi connectivity index (χ1n) is 11.0. The van der Waals surface area contributed by atoms with Gasteiger partial charge in [0.05, 0.1) is 12.8 Å². The maximum absolute atomic E-state index is 5.07. The average Bonchev–Trinajstić information content (AvgIpc) is 2.83. The van der Waals surface area contributed by atoms with Crippen LogP contribution in [0, 0.1) is 0 Å². The van der Waals surface area contributed by atoms with E-state index in [1.807, 2.05) is 34.0 Å². The summed E-state index contributed by atoms with van der Waals surface area (Å²) in [6.45, 7) is 15.2. The summed E-state index contributed by atoms with van der Waals surface area (Å²) in [4.78, 5) is 0. The summed E-state index contributed by atoms with van der Waals surface area (Å²) in [5.74, 6) is 0.556. The van der Waals surface area contributed by atoms with Gasteiger partial charge >= 0.3 is 0 Å². The third kappa shape index (κ3) is 11.6. The molecule has 170 valence electrons. The van der Waals surface area contributed by atoms with E-state index >= 15 is 0 Å². The highest BCUT2D eigenvalue weighted by atomic mass is 35.5. The highest BCUT2D eigenvalue weighted by Gasteiger charge is 2.09. The Balaban J connectivity index is 0.00000134. The largest absolute Gasteiger partial charge is 0.319 e. The van der Waals surface area contributed by atoms with Crippen LogP contribution in [0.15, 0.2) is 83.6 Å². The number of nitrogens with zero attached hydrogens (tertiary/aromatic N) is 2. The Labute approximate surface area is 195 Å². The van der Waals surface area contributed by atoms with Crippen molar-refractivity contribution < 1.29 is 0 Å². The van der Waals surface area contributed by atoms with Crippen LogP contribution in [0.25, 0.3) is 10.8 Å². The molecule has 31 heavy (non-hydrogen) atoms. The summed E-state index contributed by atoms with van der Waals surface area (Å²) in [6.07, 6.45) is 8.75. The highest BCUT2D eigenvalue weighted by Crippen LogP contribution is 2.20. The second-order valence-electron chi connectivity index (χ2n) is 6.59. The Morgan fingerprint density at radius 2 is 1.74 bits per heavy atom. The van der Waals surface area contributed by atoms with Gasteiger partial charge in [-0.05, 0) is 55.8 Å². The molecule has 0 fully saturated rings. The number of hydrogen-bond donors (Lipinski definition) is 1. The summed E-state index contributed by atoms with van der Waals surface area (Å²) < 4.78 is 0. The molecule has 0 saturated heterocycles. The predicted octanol–water partition coefficient (Wildman–Crippen LogP) is 7.54. The maximum atomic E-state index is 5.07. The number of hydrazone groups is 1. The number of nitrogens with one attached hydrogen (secondary N) is 1. The standard InChI is InChI=1S/C22H29N3.C3H5Cl.C2H6/c1-5-18(3)16-24-25(22(6-2)13-14-23-4)17-19-11-12-20-9-7-8-10-21(20)15-19;1-2-3-4;1-2/h5-12,15-16,23H,13-14,17H2,1-4H3;2H,1,3H2;1-2H3/b18-5+,22-6+,24-16+;;. The third-order valence-electron chi connectivity index (χ3n) is 4.41. The normalized spacial score (nSPS) is 11.5. The summed E-state index contributed by atoms with van der Waals surface area (Å²) in [6, 6.07) is 15.1. The van der Waals surface area contributed by atoms with Crippen LogP contribution in [-0.4, -0.2) is 30.7 Å². The number of allylic oxidation sites excluding steroid dienone is 4. The molecule has 0 aromatic heterocycles. The van der Waals surface area contributed by atoms with Gasteiger partial charge in [0.25, 0.3) is 0 Å². The van der Waals surface area contributed by atoms with Crippen LogP contribution < -0.4 is 5.32 Å². The quantitative estimate of drug-likeness (QED) is 0.188. The molecule has 0 bridgehead atoms. The highest BCUT2D eigenvalue weighted by molar-refractivity contribution is 6.18. The van der Waals surface area contributed by atoms with E-state index in [0.29, 0.717) is 5.88 Å². The lowest BCUT2D eigenvalue weighted by Gasteiger charge is -2.23. The van der Waals surface area contributed by atoms with Gasteiger partial charge in [-0.25, -0.2) is 0 Å². The number of alkyl halides is 1. The van der Waals surface area contributed by atoms with Gasteiger partial charge < -0.3 is 5.32 Å². The molecule has 0 unspecified atom stereocenters.